The molecular weight excluding hydrogens is 265 g/mol. The fraction of sp³-hybridized carbons (Fsp3) is 0.333. The van der Waals surface area contributed by atoms with Gasteiger partial charge in [-0.1, -0.05) is 11.6 Å². The quantitative estimate of drug-likeness (QED) is 0.580. The SMILES string of the molecule is CN(C)c1nc(Cl)nc(Cl)c1Br. The first-order valence-electron chi connectivity index (χ1n) is 3.08. The van der Waals surface area contributed by atoms with Crippen LogP contribution in [0.1, 0.15) is 0 Å². The maximum absolute atomic E-state index is 5.75. The van der Waals surface area contributed by atoms with Crippen LogP contribution in [-0.4, -0.2) is 24.1 Å². The molecule has 1 aromatic heterocycles. The maximum atomic E-state index is 5.75. The Hall–Kier alpha value is -0.0600. The standard InChI is InChI=1S/C6H6BrCl2N3/c1-12(2)5-3(7)4(8)10-6(9)11-5/h1-2H3. The van der Waals surface area contributed by atoms with Gasteiger partial charge in [0, 0.05) is 14.1 Å². The van der Waals surface area contributed by atoms with E-state index in [2.05, 4.69) is 25.9 Å². The predicted molar refractivity (Wildman–Crippen MR) is 54.1 cm³/mol. The molecule has 0 N–H and O–H groups in total. The number of aromatic nitrogens is 2. The van der Waals surface area contributed by atoms with Gasteiger partial charge in [0.15, 0.2) is 0 Å². The van der Waals surface area contributed by atoms with Gasteiger partial charge in [-0.15, -0.1) is 0 Å². The molecule has 6 heteroatoms. The molecule has 0 saturated heterocycles. The first kappa shape index (κ1) is 10.0. The van der Waals surface area contributed by atoms with Crippen molar-refractivity contribution in [2.24, 2.45) is 0 Å². The van der Waals surface area contributed by atoms with Crippen LogP contribution in [0.5, 0.6) is 0 Å². The molecule has 0 fully saturated rings. The van der Waals surface area contributed by atoms with E-state index < -0.39 is 0 Å². The lowest BCUT2D eigenvalue weighted by molar-refractivity contribution is 1.03. The summed E-state index contributed by atoms with van der Waals surface area (Å²) in [6.07, 6.45) is 0. The van der Waals surface area contributed by atoms with Crippen LogP contribution in [0.2, 0.25) is 10.4 Å². The minimum absolute atomic E-state index is 0.145. The Morgan fingerprint density at radius 3 is 2.33 bits per heavy atom. The zero-order chi connectivity index (χ0) is 9.30. The maximum Gasteiger partial charge on any atom is 0.225 e. The van der Waals surface area contributed by atoms with Crippen LogP contribution in [0.3, 0.4) is 0 Å². The van der Waals surface area contributed by atoms with Crippen LogP contribution in [0.15, 0.2) is 4.47 Å². The van der Waals surface area contributed by atoms with Gasteiger partial charge in [-0.3, -0.25) is 0 Å². The number of hydrogen-bond donors (Lipinski definition) is 0. The summed E-state index contributed by atoms with van der Waals surface area (Å²) in [6.45, 7) is 0. The molecule has 12 heavy (non-hydrogen) atoms. The van der Waals surface area contributed by atoms with E-state index in [-0.39, 0.29) is 5.28 Å². The minimum Gasteiger partial charge on any atom is -0.362 e. The Morgan fingerprint density at radius 1 is 1.25 bits per heavy atom. The highest BCUT2D eigenvalue weighted by atomic mass is 79.9. The summed E-state index contributed by atoms with van der Waals surface area (Å²) < 4.78 is 0.651. The zero-order valence-electron chi connectivity index (χ0n) is 6.48. The van der Waals surface area contributed by atoms with Crippen LogP contribution in [0.4, 0.5) is 5.82 Å². The van der Waals surface area contributed by atoms with E-state index in [1.807, 2.05) is 14.1 Å². The molecule has 0 atom stereocenters. The van der Waals surface area contributed by atoms with Gasteiger partial charge in [0.05, 0.1) is 4.47 Å². The Balaban J connectivity index is 3.28. The van der Waals surface area contributed by atoms with E-state index in [1.165, 1.54) is 0 Å². The Bertz CT molecular complexity index is 303. The minimum atomic E-state index is 0.145. The van der Waals surface area contributed by atoms with Crippen molar-refractivity contribution in [2.75, 3.05) is 19.0 Å². The van der Waals surface area contributed by atoms with Gasteiger partial charge < -0.3 is 4.90 Å². The van der Waals surface area contributed by atoms with Crippen LogP contribution in [-0.2, 0) is 0 Å². The first-order chi connectivity index (χ1) is 5.52. The van der Waals surface area contributed by atoms with Crippen molar-refractivity contribution in [2.45, 2.75) is 0 Å². The molecule has 66 valence electrons. The highest BCUT2D eigenvalue weighted by Crippen LogP contribution is 2.29. The molecule has 0 aliphatic rings. The first-order valence-corrected chi connectivity index (χ1v) is 4.63. The van der Waals surface area contributed by atoms with Crippen molar-refractivity contribution < 1.29 is 0 Å². The van der Waals surface area contributed by atoms with Crippen molar-refractivity contribution in [3.05, 3.63) is 14.9 Å². The number of nitrogens with zero attached hydrogens (tertiary/aromatic N) is 3. The lowest BCUT2D eigenvalue weighted by Crippen LogP contribution is -2.12. The molecule has 0 aromatic carbocycles. The second-order valence-corrected chi connectivity index (χ2v) is 3.80. The predicted octanol–water partition coefficient (Wildman–Crippen LogP) is 2.61. The summed E-state index contributed by atoms with van der Waals surface area (Å²) in [5.74, 6) is 0.667. The van der Waals surface area contributed by atoms with Gasteiger partial charge in [-0.05, 0) is 27.5 Å². The molecule has 0 bridgehead atoms. The van der Waals surface area contributed by atoms with Crippen LogP contribution in [0, 0.1) is 0 Å². The Kier molecular flexibility index (Phi) is 3.15. The van der Waals surface area contributed by atoms with E-state index in [9.17, 15) is 0 Å². The fourth-order valence-corrected chi connectivity index (χ4v) is 1.58. The number of halogens is 3. The second-order valence-electron chi connectivity index (χ2n) is 2.32. The van der Waals surface area contributed by atoms with Crippen molar-refractivity contribution in [1.29, 1.82) is 0 Å². The molecular formula is C6H6BrCl2N3. The molecule has 0 spiro atoms. The Morgan fingerprint density at radius 2 is 1.83 bits per heavy atom. The normalized spacial score (nSPS) is 10.1. The second kappa shape index (κ2) is 3.77. The van der Waals surface area contributed by atoms with Gasteiger partial charge in [0.2, 0.25) is 5.28 Å². The number of anilines is 1. The lowest BCUT2D eigenvalue weighted by atomic mass is 10.5. The van der Waals surface area contributed by atoms with Gasteiger partial charge in [-0.2, -0.15) is 4.98 Å². The van der Waals surface area contributed by atoms with Gasteiger partial charge in [0.1, 0.15) is 11.0 Å². The van der Waals surface area contributed by atoms with Crippen LogP contribution in [0.25, 0.3) is 0 Å². The third-order valence-electron chi connectivity index (χ3n) is 1.19. The van der Waals surface area contributed by atoms with E-state index in [0.717, 1.165) is 0 Å². The molecule has 0 amide bonds. The van der Waals surface area contributed by atoms with E-state index in [4.69, 9.17) is 23.2 Å². The topological polar surface area (TPSA) is 29.0 Å². The smallest absolute Gasteiger partial charge is 0.225 e. The molecule has 0 radical (unpaired) electrons. The van der Waals surface area contributed by atoms with Crippen molar-refractivity contribution in [3.8, 4) is 0 Å². The molecule has 1 aromatic rings. The van der Waals surface area contributed by atoms with Crippen molar-refractivity contribution in [3.63, 3.8) is 0 Å². The van der Waals surface area contributed by atoms with Crippen LogP contribution < -0.4 is 4.90 Å². The molecule has 1 rings (SSSR count). The summed E-state index contributed by atoms with van der Waals surface area (Å²) in [5.41, 5.74) is 0. The molecule has 1 heterocycles. The Labute approximate surface area is 88.8 Å². The highest BCUT2D eigenvalue weighted by Gasteiger charge is 2.10. The molecule has 0 aliphatic heterocycles. The molecule has 3 nitrogen and oxygen atoms in total. The lowest BCUT2D eigenvalue weighted by Gasteiger charge is -2.13. The van der Waals surface area contributed by atoms with Crippen molar-refractivity contribution >= 4 is 44.9 Å². The number of hydrogen-bond acceptors (Lipinski definition) is 3. The highest BCUT2D eigenvalue weighted by molar-refractivity contribution is 9.10. The van der Waals surface area contributed by atoms with E-state index >= 15 is 0 Å². The summed E-state index contributed by atoms with van der Waals surface area (Å²) >= 11 is 14.6. The average Bonchev–Trinajstić information content (AvgIpc) is 1.96. The molecule has 0 saturated carbocycles. The third-order valence-corrected chi connectivity index (χ3v) is 2.59. The summed E-state index contributed by atoms with van der Waals surface area (Å²) in [4.78, 5) is 9.54. The third kappa shape index (κ3) is 2.00. The van der Waals surface area contributed by atoms with E-state index in [0.29, 0.717) is 15.4 Å². The molecule has 0 unspecified atom stereocenters. The molecule has 0 aliphatic carbocycles. The summed E-state index contributed by atoms with van der Waals surface area (Å²) in [7, 11) is 3.69. The number of rotatable bonds is 1. The summed E-state index contributed by atoms with van der Waals surface area (Å²) in [5, 5.41) is 0.464. The van der Waals surface area contributed by atoms with Gasteiger partial charge in [0.25, 0.3) is 0 Å². The largest absolute Gasteiger partial charge is 0.362 e. The van der Waals surface area contributed by atoms with Gasteiger partial charge in [-0.25, -0.2) is 4.98 Å². The van der Waals surface area contributed by atoms with E-state index in [1.54, 1.807) is 4.90 Å². The van der Waals surface area contributed by atoms with Crippen molar-refractivity contribution in [1.82, 2.24) is 9.97 Å². The summed E-state index contributed by atoms with van der Waals surface area (Å²) in [6, 6.07) is 0. The monoisotopic (exact) mass is 269 g/mol. The van der Waals surface area contributed by atoms with Crippen LogP contribution >= 0.6 is 39.1 Å². The zero-order valence-corrected chi connectivity index (χ0v) is 9.57. The fourth-order valence-electron chi connectivity index (χ4n) is 0.680. The average molecular weight is 271 g/mol. The van der Waals surface area contributed by atoms with Gasteiger partial charge >= 0.3 is 0 Å².